The minimum Gasteiger partial charge on any atom is -0.356 e. The topological polar surface area (TPSA) is 94.3 Å². The van der Waals surface area contributed by atoms with E-state index in [4.69, 9.17) is 4.98 Å². The van der Waals surface area contributed by atoms with Crippen LogP contribution in [0.2, 0.25) is 0 Å². The molecule has 2 aliphatic heterocycles. The number of likely N-dealkylation sites (tertiary alicyclic amines) is 1. The number of nitrogens with one attached hydrogen (secondary N) is 1. The van der Waals surface area contributed by atoms with Gasteiger partial charge in [0, 0.05) is 43.1 Å². The highest BCUT2D eigenvalue weighted by atomic mass is 19.4. The molecule has 1 fully saturated rings. The predicted molar refractivity (Wildman–Crippen MR) is 199 cm³/mol. The second-order valence-electron chi connectivity index (χ2n) is 13.5. The van der Waals surface area contributed by atoms with Crippen molar-refractivity contribution in [2.45, 2.75) is 105 Å². The Hall–Kier alpha value is -4.08. The first-order valence-electron chi connectivity index (χ1n) is 18.3. The quantitative estimate of drug-likeness (QED) is 0.135. The third-order valence-corrected chi connectivity index (χ3v) is 10.0. The number of hydrogen-bond acceptors (Lipinski definition) is 7. The number of allylic oxidation sites excluding steroid dienone is 6. The molecule has 0 radical (unpaired) electrons. The molecule has 2 aromatic rings. The van der Waals surface area contributed by atoms with E-state index in [0.29, 0.717) is 59.7 Å². The molecule has 52 heavy (non-hydrogen) atoms. The lowest BCUT2D eigenvalue weighted by Crippen LogP contribution is -2.46. The molecule has 1 saturated heterocycles. The third-order valence-electron chi connectivity index (χ3n) is 10.0. The van der Waals surface area contributed by atoms with Crippen molar-refractivity contribution in [3.8, 4) is 6.07 Å². The zero-order chi connectivity index (χ0) is 38.6. The molecule has 0 spiro atoms. The Bertz CT molecular complexity index is 1710. The van der Waals surface area contributed by atoms with E-state index in [1.54, 1.807) is 45.1 Å². The molecule has 284 valence electrons. The van der Waals surface area contributed by atoms with Crippen LogP contribution in [0.25, 0.3) is 5.70 Å². The largest absolute Gasteiger partial charge is 0.419 e. The molecule has 4 rings (SSSR count). The van der Waals surface area contributed by atoms with Crippen LogP contribution in [0.5, 0.6) is 0 Å². The summed E-state index contributed by atoms with van der Waals surface area (Å²) in [6, 6.07) is 4.59. The number of piperidine rings is 1. The molecule has 1 aromatic carbocycles. The predicted octanol–water partition coefficient (Wildman–Crippen LogP) is 8.04. The van der Waals surface area contributed by atoms with Crippen molar-refractivity contribution in [2.75, 3.05) is 38.1 Å². The molecule has 3 heterocycles. The molecule has 0 amide bonds. The average Bonchev–Trinajstić information content (AvgIpc) is 3.13. The molecule has 0 bridgehead atoms. The minimum absolute atomic E-state index is 0.0475. The van der Waals surface area contributed by atoms with Gasteiger partial charge in [0.2, 0.25) is 0 Å². The number of nitrogens with zero attached hydrogens (tertiary/aromatic N) is 5. The monoisotopic (exact) mass is 726 g/mol. The van der Waals surface area contributed by atoms with Gasteiger partial charge in [-0.15, -0.1) is 0 Å². The zero-order valence-corrected chi connectivity index (χ0v) is 31.6. The van der Waals surface area contributed by atoms with Gasteiger partial charge < -0.3 is 10.2 Å². The highest BCUT2D eigenvalue weighted by Crippen LogP contribution is 2.33. The summed E-state index contributed by atoms with van der Waals surface area (Å²) in [6.07, 6.45) is 7.33. The second kappa shape index (κ2) is 19.7. The van der Waals surface area contributed by atoms with Crippen molar-refractivity contribution in [3.05, 3.63) is 86.8 Å². The third kappa shape index (κ3) is 11.0. The summed E-state index contributed by atoms with van der Waals surface area (Å²) in [4.78, 5) is 36.3. The summed E-state index contributed by atoms with van der Waals surface area (Å²) >= 11 is 0. The van der Waals surface area contributed by atoms with Gasteiger partial charge in [-0.2, -0.15) is 18.4 Å². The second-order valence-corrected chi connectivity index (χ2v) is 13.5. The van der Waals surface area contributed by atoms with Gasteiger partial charge in [-0.3, -0.25) is 19.1 Å². The summed E-state index contributed by atoms with van der Waals surface area (Å²) in [5, 5.41) is 12.6. The van der Waals surface area contributed by atoms with Crippen molar-refractivity contribution in [1.29, 1.82) is 5.26 Å². The van der Waals surface area contributed by atoms with Crippen LogP contribution in [-0.2, 0) is 23.8 Å². The van der Waals surface area contributed by atoms with E-state index in [1.807, 2.05) is 18.9 Å². The average molecular weight is 727 g/mol. The lowest BCUT2D eigenvalue weighted by Gasteiger charge is -2.35. The molecule has 2 atom stereocenters. The van der Waals surface area contributed by atoms with Gasteiger partial charge in [0.15, 0.2) is 0 Å². The Kier molecular flexibility index (Phi) is 16.0. The number of benzene rings is 1. The first-order valence-corrected chi connectivity index (χ1v) is 18.3. The van der Waals surface area contributed by atoms with E-state index in [9.17, 15) is 32.4 Å². The van der Waals surface area contributed by atoms with Gasteiger partial charge >= 0.3 is 6.18 Å². The van der Waals surface area contributed by atoms with Gasteiger partial charge in [0.05, 0.1) is 23.4 Å². The molecule has 2 unspecified atom stereocenters. The number of Topliss-reactive ketones (excluding diaryl/α,β-unsaturated/α-hetero) is 1. The van der Waals surface area contributed by atoms with Gasteiger partial charge in [0.1, 0.15) is 23.2 Å². The fourth-order valence-corrected chi connectivity index (χ4v) is 6.72. The zero-order valence-electron chi connectivity index (χ0n) is 31.6. The maximum Gasteiger partial charge on any atom is 0.419 e. The number of hydrogen-bond donors (Lipinski definition) is 1. The van der Waals surface area contributed by atoms with Crippen LogP contribution < -0.4 is 15.8 Å². The number of aromatic nitrogens is 2. The van der Waals surface area contributed by atoms with Crippen molar-refractivity contribution < 1.29 is 22.4 Å². The number of carbonyl (C=O) groups is 1. The van der Waals surface area contributed by atoms with E-state index in [1.165, 1.54) is 36.9 Å². The van der Waals surface area contributed by atoms with Crippen LogP contribution in [0.15, 0.2) is 52.9 Å². The molecule has 0 saturated carbocycles. The van der Waals surface area contributed by atoms with Crippen LogP contribution in [0.3, 0.4) is 0 Å². The van der Waals surface area contributed by atoms with Crippen LogP contribution in [0, 0.1) is 23.1 Å². The number of rotatable bonds is 12. The highest BCUT2D eigenvalue weighted by Gasteiger charge is 2.34. The van der Waals surface area contributed by atoms with Gasteiger partial charge in [0.25, 0.3) is 5.56 Å². The SMILES string of the molecule is CCC1CCN(C(C)NC)CC1.C\C=C(C#N)/C=C\C(=C/C)n1c(C(C)CC(=O)Cc2ccc(F)c(C(F)(F)F)c2)nc2c(c1=O)CCCN2CC. The molecule has 8 nitrogen and oxygen atoms in total. The summed E-state index contributed by atoms with van der Waals surface area (Å²) in [5.41, 5.74) is -0.184. The van der Waals surface area contributed by atoms with Crippen molar-refractivity contribution in [1.82, 2.24) is 19.8 Å². The normalized spacial score (nSPS) is 17.3. The van der Waals surface area contributed by atoms with Crippen molar-refractivity contribution in [2.24, 2.45) is 5.92 Å². The Morgan fingerprint density at radius 3 is 2.37 bits per heavy atom. The molecule has 1 aromatic heterocycles. The molecule has 1 N–H and O–H groups in total. The van der Waals surface area contributed by atoms with Gasteiger partial charge in [-0.1, -0.05) is 38.5 Å². The van der Waals surface area contributed by atoms with Crippen molar-refractivity contribution >= 4 is 17.3 Å². The fraction of sp³-hybridized carbons (Fsp3) is 0.550. The lowest BCUT2D eigenvalue weighted by molar-refractivity contribution is -0.140. The smallest absolute Gasteiger partial charge is 0.356 e. The summed E-state index contributed by atoms with van der Waals surface area (Å²) in [6.45, 7) is 15.7. The lowest BCUT2D eigenvalue weighted by atomic mass is 9.94. The number of alkyl halides is 3. The first-order chi connectivity index (χ1) is 24.7. The summed E-state index contributed by atoms with van der Waals surface area (Å²) in [5.74, 6) is -0.451. The first kappa shape index (κ1) is 42.3. The molecular formula is C40H54F4N6O2. The highest BCUT2D eigenvalue weighted by molar-refractivity contribution is 5.81. The number of anilines is 1. The maximum absolute atomic E-state index is 13.8. The van der Waals surface area contributed by atoms with Crippen molar-refractivity contribution in [3.63, 3.8) is 0 Å². The fourth-order valence-electron chi connectivity index (χ4n) is 6.72. The molecule has 12 heteroatoms. The number of carbonyl (C=O) groups excluding carboxylic acids is 1. The van der Waals surface area contributed by atoms with E-state index >= 15 is 0 Å². The number of fused-ring (bicyclic) bond motifs is 1. The maximum atomic E-state index is 13.8. The standard InChI is InChI=1S/C30H32F4N4O2.C10H22N2/c1-5-20(18-35)10-12-22(6-2)38-27(36-28-24(29(38)40)9-8-14-37(28)7-3)19(4)15-23(39)16-21-11-13-26(31)25(17-21)30(32,33)34;1-4-10-5-7-12(8-6-10)9(2)11-3/h5-6,10-13,17,19H,7-9,14-16H2,1-4H3;9-11H,4-8H2,1-3H3/b12-10-,20-5+,22-6+;. The number of ketones is 1. The van der Waals surface area contributed by atoms with E-state index in [0.717, 1.165) is 24.9 Å². The molecule has 2 aliphatic rings. The van der Waals surface area contributed by atoms with E-state index in [-0.39, 0.29) is 29.7 Å². The number of nitriles is 1. The summed E-state index contributed by atoms with van der Waals surface area (Å²) in [7, 11) is 2.04. The van der Waals surface area contributed by atoms with Crippen LogP contribution >= 0.6 is 0 Å². The Morgan fingerprint density at radius 1 is 1.12 bits per heavy atom. The van der Waals surface area contributed by atoms with Gasteiger partial charge in [-0.25, -0.2) is 9.37 Å². The molecular weight excluding hydrogens is 672 g/mol. The Balaban J connectivity index is 0.000000513. The van der Waals surface area contributed by atoms with E-state index < -0.39 is 23.5 Å². The summed E-state index contributed by atoms with van der Waals surface area (Å²) < 4.78 is 54.6. The van der Waals surface area contributed by atoms with Crippen LogP contribution in [0.4, 0.5) is 23.4 Å². The molecule has 0 aliphatic carbocycles. The Morgan fingerprint density at radius 2 is 1.81 bits per heavy atom. The number of halogens is 4. The minimum atomic E-state index is -4.88. The van der Waals surface area contributed by atoms with E-state index in [2.05, 4.69) is 30.1 Å². The van der Waals surface area contributed by atoms with Crippen LogP contribution in [-0.4, -0.2) is 59.6 Å². The van der Waals surface area contributed by atoms with Crippen LogP contribution in [0.1, 0.15) is 102 Å². The Labute approximate surface area is 305 Å². The van der Waals surface area contributed by atoms with Gasteiger partial charge in [-0.05, 0) is 109 Å².